The van der Waals surface area contributed by atoms with Crippen molar-refractivity contribution in [1.29, 1.82) is 0 Å². The van der Waals surface area contributed by atoms with Gasteiger partial charge in [0.05, 0.1) is 23.9 Å². The number of rotatable bonds is 6. The number of carbonyl (C=O) groups excluding carboxylic acids is 1. The maximum atomic E-state index is 12.9. The van der Waals surface area contributed by atoms with Gasteiger partial charge in [0, 0.05) is 13.7 Å². The van der Waals surface area contributed by atoms with Crippen LogP contribution in [0.15, 0.2) is 53.6 Å². The fourth-order valence-corrected chi connectivity index (χ4v) is 3.19. The lowest BCUT2D eigenvalue weighted by atomic mass is 10.1. The van der Waals surface area contributed by atoms with Crippen LogP contribution in [0.4, 0.5) is 5.82 Å². The van der Waals surface area contributed by atoms with E-state index in [4.69, 9.17) is 10.5 Å². The van der Waals surface area contributed by atoms with Gasteiger partial charge in [-0.25, -0.2) is 9.97 Å². The number of anilines is 1. The molecule has 30 heavy (non-hydrogen) atoms. The number of aromatic nitrogens is 3. The molecule has 0 fully saturated rings. The molecule has 2 aromatic heterocycles. The summed E-state index contributed by atoms with van der Waals surface area (Å²) in [5.74, 6) is -0.163. The molecule has 3 N–H and O–H groups in total. The third kappa shape index (κ3) is 3.60. The molecule has 0 bridgehead atoms. The zero-order chi connectivity index (χ0) is 21.1. The average molecular weight is 402 g/mol. The van der Waals surface area contributed by atoms with Crippen molar-refractivity contribution in [1.82, 2.24) is 20.0 Å². The topological polar surface area (TPSA) is 107 Å². The highest BCUT2D eigenvalue weighted by molar-refractivity contribution is 6.10. The van der Waals surface area contributed by atoms with E-state index in [0.717, 1.165) is 11.1 Å². The Morgan fingerprint density at radius 1 is 1.17 bits per heavy atom. The van der Waals surface area contributed by atoms with Crippen LogP contribution in [0.5, 0.6) is 0 Å². The van der Waals surface area contributed by atoms with Crippen molar-refractivity contribution in [2.24, 2.45) is 5.10 Å². The number of aryl methyl sites for hydroxylation is 1. The van der Waals surface area contributed by atoms with Crippen LogP contribution < -0.4 is 11.1 Å². The summed E-state index contributed by atoms with van der Waals surface area (Å²) >= 11 is 0. The van der Waals surface area contributed by atoms with Crippen LogP contribution in [0.25, 0.3) is 22.2 Å². The van der Waals surface area contributed by atoms with E-state index in [0.29, 0.717) is 35.3 Å². The third-order valence-electron chi connectivity index (χ3n) is 4.79. The second-order valence-electron chi connectivity index (χ2n) is 6.81. The molecule has 4 aromatic rings. The van der Waals surface area contributed by atoms with Crippen molar-refractivity contribution in [3.05, 3.63) is 65.2 Å². The summed E-state index contributed by atoms with van der Waals surface area (Å²) in [4.78, 5) is 22.2. The molecule has 2 heterocycles. The molecule has 0 unspecified atom stereocenters. The number of nitrogens with zero attached hydrogens (tertiary/aromatic N) is 4. The summed E-state index contributed by atoms with van der Waals surface area (Å²) < 4.78 is 6.47. The summed E-state index contributed by atoms with van der Waals surface area (Å²) in [5.41, 5.74) is 10.8. The summed E-state index contributed by atoms with van der Waals surface area (Å²) in [5, 5.41) is 7.33. The normalized spacial score (nSPS) is 11.5. The summed E-state index contributed by atoms with van der Waals surface area (Å²) in [6, 6.07) is 15.3. The van der Waals surface area contributed by atoms with Crippen molar-refractivity contribution in [2.75, 3.05) is 26.0 Å². The summed E-state index contributed by atoms with van der Waals surface area (Å²) in [6.45, 7) is 2.75. The third-order valence-corrected chi connectivity index (χ3v) is 4.79. The van der Waals surface area contributed by atoms with E-state index in [9.17, 15) is 4.79 Å². The van der Waals surface area contributed by atoms with Crippen LogP contribution in [0.2, 0.25) is 0 Å². The Balaban J connectivity index is 1.88. The van der Waals surface area contributed by atoms with E-state index >= 15 is 0 Å². The number of nitrogen functional groups attached to an aromatic ring is 1. The minimum atomic E-state index is -0.344. The van der Waals surface area contributed by atoms with Crippen LogP contribution in [-0.4, -0.2) is 47.0 Å². The first-order valence-electron chi connectivity index (χ1n) is 9.54. The van der Waals surface area contributed by atoms with E-state index < -0.39 is 0 Å². The molecule has 0 saturated carbocycles. The van der Waals surface area contributed by atoms with Crippen molar-refractivity contribution in [3.8, 4) is 0 Å². The second-order valence-corrected chi connectivity index (χ2v) is 6.81. The van der Waals surface area contributed by atoms with E-state index in [-0.39, 0.29) is 17.3 Å². The zero-order valence-electron chi connectivity index (χ0n) is 16.8. The predicted molar refractivity (Wildman–Crippen MR) is 118 cm³/mol. The van der Waals surface area contributed by atoms with Crippen LogP contribution in [-0.2, 0) is 4.74 Å². The molecule has 152 valence electrons. The maximum Gasteiger partial charge on any atom is 0.257 e. The molecule has 0 aliphatic heterocycles. The Morgan fingerprint density at radius 3 is 2.60 bits per heavy atom. The molecule has 4 rings (SSSR count). The molecule has 0 saturated heterocycles. The van der Waals surface area contributed by atoms with Gasteiger partial charge in [-0.05, 0) is 30.2 Å². The fourth-order valence-electron chi connectivity index (χ4n) is 3.19. The number of carbonyl (C=O) groups is 1. The molecule has 0 aliphatic carbocycles. The Kier molecular flexibility index (Phi) is 5.40. The van der Waals surface area contributed by atoms with Crippen molar-refractivity contribution in [3.63, 3.8) is 0 Å². The first kappa shape index (κ1) is 19.5. The van der Waals surface area contributed by atoms with Gasteiger partial charge in [0.1, 0.15) is 16.9 Å². The standard InChI is InChI=1S/C22H22N6O2/c1-14-7-3-4-8-15(14)13-25-28-20(23)18(22(29)24-11-12-30-2)19-21(28)27-17-10-6-5-9-16(17)26-19/h3-10,13H,11-12,23H2,1-2H3,(H,24,29)/b25-13+. The number of hydrogen-bond donors (Lipinski definition) is 2. The molecule has 0 spiro atoms. The highest BCUT2D eigenvalue weighted by atomic mass is 16.5. The van der Waals surface area contributed by atoms with Gasteiger partial charge >= 0.3 is 0 Å². The van der Waals surface area contributed by atoms with Crippen LogP contribution in [0.1, 0.15) is 21.5 Å². The van der Waals surface area contributed by atoms with E-state index in [1.807, 2.05) is 55.5 Å². The Morgan fingerprint density at radius 2 is 1.87 bits per heavy atom. The monoisotopic (exact) mass is 402 g/mol. The molecular weight excluding hydrogens is 380 g/mol. The van der Waals surface area contributed by atoms with Gasteiger partial charge in [-0.1, -0.05) is 36.4 Å². The molecule has 8 heteroatoms. The number of nitrogens with two attached hydrogens (primary N) is 1. The van der Waals surface area contributed by atoms with Crippen molar-refractivity contribution >= 4 is 40.1 Å². The van der Waals surface area contributed by atoms with Gasteiger partial charge in [0.2, 0.25) is 0 Å². The molecule has 2 aromatic carbocycles. The Labute approximate surface area is 173 Å². The molecule has 8 nitrogen and oxygen atoms in total. The fraction of sp³-hybridized carbons (Fsp3) is 0.182. The van der Waals surface area contributed by atoms with Gasteiger partial charge in [-0.3, -0.25) is 4.79 Å². The first-order chi connectivity index (χ1) is 14.6. The SMILES string of the molecule is COCCNC(=O)c1c(N)n(/N=C/c2ccccc2C)c2nc3ccccc3nc12. The van der Waals surface area contributed by atoms with Crippen LogP contribution >= 0.6 is 0 Å². The van der Waals surface area contributed by atoms with Gasteiger partial charge in [0.15, 0.2) is 5.65 Å². The van der Waals surface area contributed by atoms with Gasteiger partial charge in [0.25, 0.3) is 5.91 Å². The smallest absolute Gasteiger partial charge is 0.257 e. The highest BCUT2D eigenvalue weighted by Gasteiger charge is 2.23. The molecular formula is C22H22N6O2. The number of methoxy groups -OCH3 is 1. The number of fused-ring (bicyclic) bond motifs is 2. The number of hydrogen-bond acceptors (Lipinski definition) is 6. The van der Waals surface area contributed by atoms with E-state index in [1.54, 1.807) is 13.3 Å². The number of benzene rings is 2. The number of amides is 1. The summed E-state index contributed by atoms with van der Waals surface area (Å²) in [6.07, 6.45) is 1.70. The molecule has 0 radical (unpaired) electrons. The molecule has 0 aliphatic rings. The lowest BCUT2D eigenvalue weighted by Crippen LogP contribution is -2.27. The average Bonchev–Trinajstić information content (AvgIpc) is 3.02. The molecule has 0 atom stereocenters. The minimum absolute atomic E-state index is 0.181. The quantitative estimate of drug-likeness (QED) is 0.381. The lowest BCUT2D eigenvalue weighted by Gasteiger charge is -2.04. The Hall–Kier alpha value is -3.78. The van der Waals surface area contributed by atoms with Crippen molar-refractivity contribution < 1.29 is 9.53 Å². The first-order valence-corrected chi connectivity index (χ1v) is 9.54. The lowest BCUT2D eigenvalue weighted by molar-refractivity contribution is 0.0939. The maximum absolute atomic E-state index is 12.9. The van der Waals surface area contributed by atoms with Gasteiger partial charge in [-0.15, -0.1) is 0 Å². The number of para-hydroxylation sites is 2. The van der Waals surface area contributed by atoms with Gasteiger partial charge < -0.3 is 15.8 Å². The minimum Gasteiger partial charge on any atom is -0.383 e. The van der Waals surface area contributed by atoms with Gasteiger partial charge in [-0.2, -0.15) is 9.78 Å². The van der Waals surface area contributed by atoms with Crippen LogP contribution in [0.3, 0.4) is 0 Å². The molecule has 1 amide bonds. The predicted octanol–water partition coefficient (Wildman–Crippen LogP) is 2.73. The number of nitrogens with one attached hydrogen (secondary N) is 1. The number of ether oxygens (including phenoxy) is 1. The van der Waals surface area contributed by atoms with E-state index in [2.05, 4.69) is 20.4 Å². The van der Waals surface area contributed by atoms with E-state index in [1.165, 1.54) is 4.68 Å². The highest BCUT2D eigenvalue weighted by Crippen LogP contribution is 2.27. The zero-order valence-corrected chi connectivity index (χ0v) is 16.8. The second kappa shape index (κ2) is 8.30. The summed E-state index contributed by atoms with van der Waals surface area (Å²) in [7, 11) is 1.57. The van der Waals surface area contributed by atoms with Crippen molar-refractivity contribution in [2.45, 2.75) is 6.92 Å². The largest absolute Gasteiger partial charge is 0.383 e. The Bertz CT molecular complexity index is 1260. The van der Waals surface area contributed by atoms with Crippen LogP contribution in [0, 0.1) is 6.92 Å².